The Bertz CT molecular complexity index is 1150. The van der Waals surface area contributed by atoms with Gasteiger partial charge in [0.05, 0.1) is 33.1 Å². The predicted octanol–water partition coefficient (Wildman–Crippen LogP) is 3.28. The molecule has 0 bridgehead atoms. The Morgan fingerprint density at radius 1 is 0.967 bits per heavy atom. The first-order chi connectivity index (χ1) is 14.7. The maximum absolute atomic E-state index is 6.06. The summed E-state index contributed by atoms with van der Waals surface area (Å²) >= 11 is 0. The van der Waals surface area contributed by atoms with Gasteiger partial charge in [-0.25, -0.2) is 4.68 Å². The van der Waals surface area contributed by atoms with Crippen LogP contribution < -0.4 is 9.47 Å². The van der Waals surface area contributed by atoms with Crippen molar-refractivity contribution in [2.45, 2.75) is 19.3 Å². The van der Waals surface area contributed by atoms with Gasteiger partial charge >= 0.3 is 0 Å². The Balaban J connectivity index is 1.37. The highest BCUT2D eigenvalue weighted by Gasteiger charge is 2.28. The number of rotatable bonds is 5. The van der Waals surface area contributed by atoms with Crippen molar-refractivity contribution in [3.8, 4) is 34.5 Å². The van der Waals surface area contributed by atoms with E-state index in [-0.39, 0.29) is 6.10 Å². The summed E-state index contributed by atoms with van der Waals surface area (Å²) in [7, 11) is 3.27. The van der Waals surface area contributed by atoms with Gasteiger partial charge in [-0.2, -0.15) is 4.98 Å². The third-order valence-electron chi connectivity index (χ3n) is 5.06. The first-order valence-corrected chi connectivity index (χ1v) is 9.41. The molecule has 3 heterocycles. The zero-order valence-corrected chi connectivity index (χ0v) is 16.5. The van der Waals surface area contributed by atoms with E-state index in [2.05, 4.69) is 20.5 Å². The van der Waals surface area contributed by atoms with Crippen LogP contribution in [-0.2, 0) is 17.9 Å². The highest BCUT2D eigenvalue weighted by atomic mass is 16.5. The lowest BCUT2D eigenvalue weighted by Crippen LogP contribution is -2.22. The van der Waals surface area contributed by atoms with E-state index in [0.717, 1.165) is 28.3 Å². The van der Waals surface area contributed by atoms with Crippen molar-refractivity contribution in [1.82, 2.24) is 25.1 Å². The smallest absolute Gasteiger partial charge is 0.280 e. The van der Waals surface area contributed by atoms with Gasteiger partial charge in [-0.3, -0.25) is 0 Å². The Morgan fingerprint density at radius 3 is 2.37 bits per heavy atom. The van der Waals surface area contributed by atoms with E-state index in [4.69, 9.17) is 18.7 Å². The van der Waals surface area contributed by atoms with Crippen LogP contribution in [0, 0.1) is 0 Å². The highest BCUT2D eigenvalue weighted by Crippen LogP contribution is 2.31. The minimum absolute atomic E-state index is 0.115. The molecule has 2 aromatic carbocycles. The maximum atomic E-state index is 6.06. The van der Waals surface area contributed by atoms with Crippen LogP contribution in [0.1, 0.15) is 17.4 Å². The van der Waals surface area contributed by atoms with Gasteiger partial charge in [-0.1, -0.05) is 22.5 Å². The number of hydrogen-bond donors (Lipinski definition) is 0. The molecular formula is C21H19N5O4. The van der Waals surface area contributed by atoms with E-state index in [9.17, 15) is 0 Å². The molecule has 0 N–H and O–H groups in total. The predicted molar refractivity (Wildman–Crippen MR) is 106 cm³/mol. The molecule has 0 spiro atoms. The van der Waals surface area contributed by atoms with E-state index < -0.39 is 0 Å². The summed E-state index contributed by atoms with van der Waals surface area (Å²) in [5.41, 5.74) is 3.22. The molecule has 0 fully saturated rings. The summed E-state index contributed by atoms with van der Waals surface area (Å²) in [4.78, 5) is 4.48. The molecule has 152 valence electrons. The Hall–Kier alpha value is -3.72. The average molecular weight is 405 g/mol. The van der Waals surface area contributed by atoms with E-state index in [1.165, 1.54) is 0 Å². The lowest BCUT2D eigenvalue weighted by molar-refractivity contribution is -0.00119. The van der Waals surface area contributed by atoms with Gasteiger partial charge in [0.15, 0.2) is 5.69 Å². The molecule has 1 aliphatic heterocycles. The number of aromatic nitrogens is 5. The molecule has 1 unspecified atom stereocenters. The van der Waals surface area contributed by atoms with E-state index >= 15 is 0 Å². The van der Waals surface area contributed by atoms with Crippen LogP contribution in [0.2, 0.25) is 0 Å². The molecule has 0 saturated heterocycles. The number of nitrogens with zero attached hydrogens (tertiary/aromatic N) is 5. The molecule has 0 radical (unpaired) electrons. The summed E-state index contributed by atoms with van der Waals surface area (Å²) in [6, 6.07) is 15.3. The molecule has 0 amide bonds. The fourth-order valence-corrected chi connectivity index (χ4v) is 3.37. The summed E-state index contributed by atoms with van der Waals surface area (Å²) in [6.07, 6.45) is -0.115. The van der Waals surface area contributed by atoms with Crippen LogP contribution >= 0.6 is 0 Å². The van der Waals surface area contributed by atoms with Crippen molar-refractivity contribution in [1.29, 1.82) is 0 Å². The third-order valence-corrected chi connectivity index (χ3v) is 5.06. The second-order valence-electron chi connectivity index (χ2n) is 6.79. The number of methoxy groups -OCH3 is 2. The van der Waals surface area contributed by atoms with Gasteiger partial charge in [-0.05, 0) is 42.0 Å². The van der Waals surface area contributed by atoms with Gasteiger partial charge in [-0.15, -0.1) is 5.10 Å². The quantitative estimate of drug-likeness (QED) is 0.499. The standard InChI is InChI=1S/C21H19N5O4/c1-27-15-7-3-13(4-8-15)18-11-26-17(12-29-18)19(23-25-26)21-22-20(24-30-21)14-5-9-16(28-2)10-6-14/h3-10,18H,11-12H2,1-2H3. The summed E-state index contributed by atoms with van der Waals surface area (Å²) in [5, 5.41) is 12.6. The van der Waals surface area contributed by atoms with Crippen molar-refractivity contribution in [2.24, 2.45) is 0 Å². The minimum atomic E-state index is -0.115. The number of ether oxygens (including phenoxy) is 3. The summed E-state index contributed by atoms with van der Waals surface area (Å²) in [5.74, 6) is 2.36. The SMILES string of the molecule is COc1ccc(-c2noc(-c3nnn4c3COC(c3ccc(OC)cc3)C4)n2)cc1. The van der Waals surface area contributed by atoms with Gasteiger partial charge in [0.2, 0.25) is 5.82 Å². The molecular weight excluding hydrogens is 386 g/mol. The Labute approximate surface area is 172 Å². The molecule has 0 aliphatic carbocycles. The maximum Gasteiger partial charge on any atom is 0.280 e. The van der Waals surface area contributed by atoms with Crippen LogP contribution in [-0.4, -0.2) is 39.4 Å². The molecule has 9 nitrogen and oxygen atoms in total. The summed E-state index contributed by atoms with van der Waals surface area (Å²) < 4.78 is 23.7. The number of fused-ring (bicyclic) bond motifs is 1. The number of benzene rings is 2. The summed E-state index contributed by atoms with van der Waals surface area (Å²) in [6.45, 7) is 0.896. The number of hydrogen-bond acceptors (Lipinski definition) is 8. The van der Waals surface area contributed by atoms with E-state index in [1.807, 2.05) is 53.2 Å². The Kier molecular flexibility index (Phi) is 4.64. The monoisotopic (exact) mass is 405 g/mol. The molecule has 5 rings (SSSR count). The van der Waals surface area contributed by atoms with Gasteiger partial charge in [0, 0.05) is 5.56 Å². The van der Waals surface area contributed by atoms with Crippen LogP contribution in [0.5, 0.6) is 11.5 Å². The average Bonchev–Trinajstić information content (AvgIpc) is 3.46. The zero-order chi connectivity index (χ0) is 20.5. The molecule has 4 aromatic rings. The second kappa shape index (κ2) is 7.60. The molecule has 9 heteroatoms. The van der Waals surface area contributed by atoms with E-state index in [1.54, 1.807) is 14.2 Å². The molecule has 1 atom stereocenters. The lowest BCUT2D eigenvalue weighted by atomic mass is 10.1. The molecule has 2 aromatic heterocycles. The minimum Gasteiger partial charge on any atom is -0.497 e. The third kappa shape index (κ3) is 3.29. The molecule has 30 heavy (non-hydrogen) atoms. The van der Waals surface area contributed by atoms with E-state index in [0.29, 0.717) is 30.6 Å². The fourth-order valence-electron chi connectivity index (χ4n) is 3.37. The lowest BCUT2D eigenvalue weighted by Gasteiger charge is -2.24. The van der Waals surface area contributed by atoms with Gasteiger partial charge < -0.3 is 18.7 Å². The zero-order valence-electron chi connectivity index (χ0n) is 16.5. The van der Waals surface area contributed by atoms with Crippen LogP contribution in [0.15, 0.2) is 53.1 Å². The largest absolute Gasteiger partial charge is 0.497 e. The van der Waals surface area contributed by atoms with Crippen molar-refractivity contribution < 1.29 is 18.7 Å². The first kappa shape index (κ1) is 18.3. The highest BCUT2D eigenvalue weighted by molar-refractivity contribution is 5.59. The first-order valence-electron chi connectivity index (χ1n) is 9.41. The van der Waals surface area contributed by atoms with Crippen LogP contribution in [0.25, 0.3) is 23.0 Å². The van der Waals surface area contributed by atoms with Gasteiger partial charge in [0.25, 0.3) is 5.89 Å². The van der Waals surface area contributed by atoms with Crippen LogP contribution in [0.3, 0.4) is 0 Å². The molecule has 0 saturated carbocycles. The molecule has 1 aliphatic rings. The topological polar surface area (TPSA) is 97.3 Å². The second-order valence-corrected chi connectivity index (χ2v) is 6.79. The van der Waals surface area contributed by atoms with Crippen molar-refractivity contribution in [2.75, 3.05) is 14.2 Å². The normalized spacial score (nSPS) is 15.6. The fraction of sp³-hybridized carbons (Fsp3) is 0.238. The van der Waals surface area contributed by atoms with Crippen molar-refractivity contribution in [3.05, 3.63) is 59.8 Å². The van der Waals surface area contributed by atoms with Gasteiger partial charge in [0.1, 0.15) is 17.6 Å². The van der Waals surface area contributed by atoms with Crippen molar-refractivity contribution in [3.63, 3.8) is 0 Å². The van der Waals surface area contributed by atoms with Crippen LogP contribution in [0.4, 0.5) is 0 Å². The Morgan fingerprint density at radius 2 is 1.67 bits per heavy atom. The van der Waals surface area contributed by atoms with Crippen molar-refractivity contribution >= 4 is 0 Å².